The van der Waals surface area contributed by atoms with Crippen molar-refractivity contribution in [3.63, 3.8) is 0 Å². The Morgan fingerprint density at radius 1 is 0.408 bits per heavy atom. The van der Waals surface area contributed by atoms with Crippen LogP contribution in [0, 0.1) is 0 Å². The predicted octanol–water partition coefficient (Wildman–Crippen LogP) is 20.9. The minimum Gasteiger partial charge on any atom is -0.462 e. The van der Waals surface area contributed by atoms with E-state index in [9.17, 15) is 19.0 Å². The topological polar surface area (TPSA) is 108 Å². The average Bonchev–Trinajstić information content (AvgIpc) is 3.38. The van der Waals surface area contributed by atoms with Gasteiger partial charge in [-0.2, -0.15) is 0 Å². The van der Waals surface area contributed by atoms with Crippen LogP contribution in [0.4, 0.5) is 0 Å². The van der Waals surface area contributed by atoms with Gasteiger partial charge in [0, 0.05) is 12.8 Å². The molecule has 0 aliphatic rings. The lowest BCUT2D eigenvalue weighted by Gasteiger charge is -2.24. The lowest BCUT2D eigenvalue weighted by atomic mass is 10.0. The maximum atomic E-state index is 12.8. The Morgan fingerprint density at radius 3 is 1.07 bits per heavy atom. The van der Waals surface area contributed by atoms with Crippen LogP contribution in [0.3, 0.4) is 0 Å². The maximum Gasteiger partial charge on any atom is 0.472 e. The van der Waals surface area contributed by atoms with E-state index in [2.05, 4.69) is 38.2 Å². The number of carbonyl (C=O) groups is 2. The van der Waals surface area contributed by atoms with Gasteiger partial charge in [0.25, 0.3) is 0 Å². The summed E-state index contributed by atoms with van der Waals surface area (Å²) in [6, 6.07) is 0. The normalized spacial score (nSPS) is 13.3. The number of likely N-dealkylation sites (N-methyl/N-ethyl adjacent to an activating group) is 1. The van der Waals surface area contributed by atoms with Gasteiger partial charge in [0.2, 0.25) is 0 Å². The smallest absolute Gasteiger partial charge is 0.462 e. The molecule has 0 amide bonds. The molecule has 0 aromatic rings. The number of phosphoric acid groups is 1. The number of phosphoric ester groups is 1. The van der Waals surface area contributed by atoms with E-state index in [1.165, 1.54) is 257 Å². The summed E-state index contributed by atoms with van der Waals surface area (Å²) in [5.41, 5.74) is 0. The molecule has 0 aliphatic heterocycles. The van der Waals surface area contributed by atoms with Gasteiger partial charge in [0.05, 0.1) is 27.7 Å². The van der Waals surface area contributed by atoms with Gasteiger partial charge in [0.1, 0.15) is 19.8 Å². The molecule has 0 rings (SSSR count). The van der Waals surface area contributed by atoms with Gasteiger partial charge in [-0.05, 0) is 44.9 Å². The van der Waals surface area contributed by atoms with E-state index < -0.39 is 26.5 Å². The summed E-state index contributed by atoms with van der Waals surface area (Å²) in [7, 11) is 1.49. The first-order valence-electron chi connectivity index (χ1n) is 33.1. The highest BCUT2D eigenvalue weighted by Crippen LogP contribution is 2.43. The minimum atomic E-state index is -4.39. The van der Waals surface area contributed by atoms with Crippen LogP contribution in [0.5, 0.6) is 0 Å². The Morgan fingerprint density at radius 2 is 0.711 bits per heavy atom. The highest BCUT2D eigenvalue weighted by atomic mass is 31.2. The second kappa shape index (κ2) is 58.2. The molecular formula is C66H129NO8P+. The van der Waals surface area contributed by atoms with Crippen molar-refractivity contribution in [3.05, 3.63) is 24.3 Å². The van der Waals surface area contributed by atoms with Gasteiger partial charge in [-0.15, -0.1) is 0 Å². The molecule has 0 fully saturated rings. The molecule has 450 valence electrons. The SMILES string of the molecule is CCCCC/C=C\C/C=C\CCCCCCCCCCCC(=O)OC(COC(=O)CCCCCCCCCCCCCCCCCCCCCCCCCCCCCCCCCCC)COP(=O)(O)OCC[N+](C)(C)C. The molecule has 2 unspecified atom stereocenters. The molecular weight excluding hydrogens is 966 g/mol. The second-order valence-corrected chi connectivity index (χ2v) is 25.3. The van der Waals surface area contributed by atoms with Crippen LogP contribution in [0.25, 0.3) is 0 Å². The summed E-state index contributed by atoms with van der Waals surface area (Å²) in [4.78, 5) is 35.8. The van der Waals surface area contributed by atoms with E-state index in [4.69, 9.17) is 18.5 Å². The van der Waals surface area contributed by atoms with Crippen LogP contribution in [-0.2, 0) is 32.7 Å². The van der Waals surface area contributed by atoms with E-state index in [0.717, 1.165) is 44.9 Å². The molecule has 0 aromatic carbocycles. The Bertz CT molecular complexity index is 1330. The first kappa shape index (κ1) is 74.5. The Labute approximate surface area is 472 Å². The zero-order valence-corrected chi connectivity index (χ0v) is 52.2. The van der Waals surface area contributed by atoms with Crippen molar-refractivity contribution < 1.29 is 42.1 Å². The van der Waals surface area contributed by atoms with Crippen molar-refractivity contribution in [1.82, 2.24) is 0 Å². The summed E-state index contributed by atoms with van der Waals surface area (Å²) in [5.74, 6) is -0.784. The quantitative estimate of drug-likeness (QED) is 0.0211. The standard InChI is InChI=1S/C66H128NO8P/c1-6-8-10-12-14-16-18-20-22-24-26-27-28-29-30-31-32-33-34-35-36-37-38-39-41-42-44-46-48-50-52-54-56-58-65(68)72-62-64(63-74-76(70,71)73-61-60-67(3,4)5)75-66(69)59-57-55-53-51-49-47-45-43-40-25-23-21-19-17-15-13-11-9-7-2/h15,17,21,23,64H,6-14,16,18-20,22,24-63H2,1-5H3/p+1/b17-15-,23-21-. The molecule has 0 spiro atoms. The Balaban J connectivity index is 3.96. The molecule has 0 bridgehead atoms. The van der Waals surface area contributed by atoms with Crippen LogP contribution in [0.1, 0.15) is 335 Å². The van der Waals surface area contributed by atoms with Crippen LogP contribution in [0.2, 0.25) is 0 Å². The van der Waals surface area contributed by atoms with Crippen molar-refractivity contribution in [1.29, 1.82) is 0 Å². The number of esters is 2. The monoisotopic (exact) mass is 1090 g/mol. The second-order valence-electron chi connectivity index (χ2n) is 23.9. The first-order valence-corrected chi connectivity index (χ1v) is 34.6. The summed E-state index contributed by atoms with van der Waals surface area (Å²) in [6.45, 7) is 4.47. The molecule has 0 saturated heterocycles. The van der Waals surface area contributed by atoms with Gasteiger partial charge < -0.3 is 18.9 Å². The molecule has 0 saturated carbocycles. The van der Waals surface area contributed by atoms with Crippen LogP contribution in [0.15, 0.2) is 24.3 Å². The van der Waals surface area contributed by atoms with Crippen LogP contribution >= 0.6 is 7.82 Å². The summed E-state index contributed by atoms with van der Waals surface area (Å²) in [5, 5.41) is 0. The number of quaternary nitrogens is 1. The van der Waals surface area contributed by atoms with Gasteiger partial charge >= 0.3 is 19.8 Å². The predicted molar refractivity (Wildman–Crippen MR) is 326 cm³/mol. The number of unbranched alkanes of at least 4 members (excludes halogenated alkanes) is 44. The van der Waals surface area contributed by atoms with Gasteiger partial charge in [0.15, 0.2) is 6.10 Å². The van der Waals surface area contributed by atoms with Crippen molar-refractivity contribution >= 4 is 19.8 Å². The zero-order chi connectivity index (χ0) is 55.6. The fourth-order valence-corrected chi connectivity index (χ4v) is 10.6. The van der Waals surface area contributed by atoms with Gasteiger partial charge in [-0.3, -0.25) is 18.6 Å². The van der Waals surface area contributed by atoms with Crippen LogP contribution < -0.4 is 0 Å². The lowest BCUT2D eigenvalue weighted by molar-refractivity contribution is -0.870. The molecule has 0 aliphatic carbocycles. The fraction of sp³-hybridized carbons (Fsp3) is 0.909. The third-order valence-electron chi connectivity index (χ3n) is 15.0. The molecule has 10 heteroatoms. The molecule has 9 nitrogen and oxygen atoms in total. The first-order chi connectivity index (χ1) is 37.0. The number of carbonyl (C=O) groups excluding carboxylic acids is 2. The van der Waals surface area contributed by atoms with Crippen molar-refractivity contribution in [3.8, 4) is 0 Å². The van der Waals surface area contributed by atoms with Crippen molar-refractivity contribution in [2.75, 3.05) is 47.5 Å². The zero-order valence-electron chi connectivity index (χ0n) is 51.3. The van der Waals surface area contributed by atoms with Crippen molar-refractivity contribution in [2.24, 2.45) is 0 Å². The molecule has 0 radical (unpaired) electrons. The number of rotatable bonds is 62. The van der Waals surface area contributed by atoms with Gasteiger partial charge in [-0.1, -0.05) is 301 Å². The Kier molecular flexibility index (Phi) is 57.0. The number of ether oxygens (including phenoxy) is 2. The van der Waals surface area contributed by atoms with E-state index in [1.54, 1.807) is 0 Å². The number of hydrogen-bond acceptors (Lipinski definition) is 7. The summed E-state index contributed by atoms with van der Waals surface area (Å²) >= 11 is 0. The third kappa shape index (κ3) is 61.7. The summed E-state index contributed by atoms with van der Waals surface area (Å²) in [6.07, 6.45) is 71.4. The van der Waals surface area contributed by atoms with E-state index in [1.807, 2.05) is 21.1 Å². The highest BCUT2D eigenvalue weighted by Gasteiger charge is 2.27. The van der Waals surface area contributed by atoms with E-state index in [-0.39, 0.29) is 25.6 Å². The van der Waals surface area contributed by atoms with Gasteiger partial charge in [-0.25, -0.2) is 4.57 Å². The molecule has 2 atom stereocenters. The third-order valence-corrected chi connectivity index (χ3v) is 16.0. The van der Waals surface area contributed by atoms with E-state index in [0.29, 0.717) is 23.9 Å². The van der Waals surface area contributed by atoms with Crippen molar-refractivity contribution in [2.45, 2.75) is 341 Å². The highest BCUT2D eigenvalue weighted by molar-refractivity contribution is 7.47. The number of nitrogens with zero attached hydrogens (tertiary/aromatic N) is 1. The minimum absolute atomic E-state index is 0.0334. The maximum absolute atomic E-state index is 12.8. The largest absolute Gasteiger partial charge is 0.472 e. The molecule has 0 heterocycles. The fourth-order valence-electron chi connectivity index (χ4n) is 9.87. The number of allylic oxidation sites excluding steroid dienone is 4. The summed E-state index contributed by atoms with van der Waals surface area (Å²) < 4.78 is 34.6. The Hall–Kier alpha value is -1.51. The molecule has 1 N–H and O–H groups in total. The number of hydrogen-bond donors (Lipinski definition) is 1. The molecule has 0 aromatic heterocycles. The van der Waals surface area contributed by atoms with Crippen LogP contribution in [-0.4, -0.2) is 74.9 Å². The lowest BCUT2D eigenvalue weighted by Crippen LogP contribution is -2.37. The average molecular weight is 1100 g/mol. The van der Waals surface area contributed by atoms with E-state index >= 15 is 0 Å². The molecule has 76 heavy (non-hydrogen) atoms.